The van der Waals surface area contributed by atoms with Gasteiger partial charge < -0.3 is 10.4 Å². The van der Waals surface area contributed by atoms with Gasteiger partial charge in [-0.1, -0.05) is 17.7 Å². The smallest absolute Gasteiger partial charge is 0.153 e. The summed E-state index contributed by atoms with van der Waals surface area (Å²) in [5, 5.41) is 13.9. The zero-order valence-corrected chi connectivity index (χ0v) is 12.4. The Kier molecular flexibility index (Phi) is 4.20. The second kappa shape index (κ2) is 5.40. The van der Waals surface area contributed by atoms with Gasteiger partial charge in [-0.3, -0.25) is 0 Å². The van der Waals surface area contributed by atoms with E-state index in [4.69, 9.17) is 11.6 Å². The third-order valence-corrected chi connectivity index (χ3v) is 5.27. The number of hydrogen-bond donors (Lipinski definition) is 2. The maximum absolute atomic E-state index is 11.4. The van der Waals surface area contributed by atoms with Crippen LogP contribution in [0.5, 0.6) is 0 Å². The lowest BCUT2D eigenvalue weighted by molar-refractivity contribution is 0.0670. The van der Waals surface area contributed by atoms with Gasteiger partial charge in [-0.15, -0.1) is 0 Å². The summed E-state index contributed by atoms with van der Waals surface area (Å²) in [5.74, 6) is -0.0803. The van der Waals surface area contributed by atoms with Crippen LogP contribution in [-0.4, -0.2) is 37.2 Å². The van der Waals surface area contributed by atoms with Crippen LogP contribution in [0.15, 0.2) is 18.2 Å². The predicted octanol–water partition coefficient (Wildman–Crippen LogP) is 1.29. The minimum Gasteiger partial charge on any atom is -0.387 e. The molecule has 106 valence electrons. The van der Waals surface area contributed by atoms with Crippen molar-refractivity contribution in [2.24, 2.45) is 0 Å². The minimum absolute atomic E-state index is 0.0709. The Morgan fingerprint density at radius 2 is 2.16 bits per heavy atom. The second-order valence-electron chi connectivity index (χ2n) is 5.31. The van der Waals surface area contributed by atoms with Crippen LogP contribution in [0.4, 0.5) is 0 Å². The van der Waals surface area contributed by atoms with Gasteiger partial charge in [0.25, 0.3) is 0 Å². The standard InChI is InChI=1S/C13H18ClNO3S/c1-10-4-11(6-12(14)5-10)7-15-8-13(16)2-3-19(17,18)9-13/h4-6,15-16H,2-3,7-9H2,1H3. The topological polar surface area (TPSA) is 66.4 Å². The van der Waals surface area contributed by atoms with Gasteiger partial charge in [0, 0.05) is 18.1 Å². The molecule has 1 heterocycles. The van der Waals surface area contributed by atoms with Crippen molar-refractivity contribution < 1.29 is 13.5 Å². The minimum atomic E-state index is -3.07. The highest BCUT2D eigenvalue weighted by Gasteiger charge is 2.40. The summed E-state index contributed by atoms with van der Waals surface area (Å²) in [6.45, 7) is 2.80. The molecule has 6 heteroatoms. The van der Waals surface area contributed by atoms with E-state index in [9.17, 15) is 13.5 Å². The largest absolute Gasteiger partial charge is 0.387 e. The fourth-order valence-electron chi connectivity index (χ4n) is 2.39. The van der Waals surface area contributed by atoms with Crippen molar-refractivity contribution in [1.82, 2.24) is 5.32 Å². The summed E-state index contributed by atoms with van der Waals surface area (Å²) in [7, 11) is -3.07. The first-order valence-corrected chi connectivity index (χ1v) is 8.38. The Morgan fingerprint density at radius 3 is 2.74 bits per heavy atom. The van der Waals surface area contributed by atoms with E-state index >= 15 is 0 Å². The summed E-state index contributed by atoms with van der Waals surface area (Å²) in [4.78, 5) is 0. The zero-order chi connectivity index (χ0) is 14.1. The highest BCUT2D eigenvalue weighted by Crippen LogP contribution is 2.22. The average Bonchev–Trinajstić information content (AvgIpc) is 2.51. The summed E-state index contributed by atoms with van der Waals surface area (Å²) >= 11 is 5.96. The molecule has 1 fully saturated rings. The number of benzene rings is 1. The molecule has 4 nitrogen and oxygen atoms in total. The Labute approximate surface area is 118 Å². The summed E-state index contributed by atoms with van der Waals surface area (Å²) in [6.07, 6.45) is 0.302. The fraction of sp³-hybridized carbons (Fsp3) is 0.538. The Morgan fingerprint density at radius 1 is 1.42 bits per heavy atom. The summed E-state index contributed by atoms with van der Waals surface area (Å²) < 4.78 is 22.7. The van der Waals surface area contributed by atoms with E-state index in [0.717, 1.165) is 11.1 Å². The van der Waals surface area contributed by atoms with Gasteiger partial charge in [-0.2, -0.15) is 0 Å². The number of aryl methyl sites for hydroxylation is 1. The fourth-order valence-corrected chi connectivity index (χ4v) is 4.60. The van der Waals surface area contributed by atoms with Gasteiger partial charge in [0.15, 0.2) is 9.84 Å². The third-order valence-electron chi connectivity index (χ3n) is 3.25. The zero-order valence-electron chi connectivity index (χ0n) is 10.8. The first kappa shape index (κ1) is 14.8. The lowest BCUT2D eigenvalue weighted by Gasteiger charge is -2.21. The summed E-state index contributed by atoms with van der Waals surface area (Å²) in [5.41, 5.74) is 0.966. The van der Waals surface area contributed by atoms with Crippen molar-refractivity contribution >= 4 is 21.4 Å². The van der Waals surface area contributed by atoms with E-state index in [1.54, 1.807) is 0 Å². The monoisotopic (exact) mass is 303 g/mol. The van der Waals surface area contributed by atoms with Gasteiger partial charge in [-0.25, -0.2) is 8.42 Å². The van der Waals surface area contributed by atoms with E-state index in [-0.39, 0.29) is 18.1 Å². The number of rotatable bonds is 4. The summed E-state index contributed by atoms with van der Waals surface area (Å²) in [6, 6.07) is 5.74. The maximum Gasteiger partial charge on any atom is 0.153 e. The number of hydrogen-bond acceptors (Lipinski definition) is 4. The highest BCUT2D eigenvalue weighted by molar-refractivity contribution is 7.91. The number of aliphatic hydroxyl groups is 1. The quantitative estimate of drug-likeness (QED) is 0.879. The van der Waals surface area contributed by atoms with Crippen LogP contribution < -0.4 is 5.32 Å². The third kappa shape index (κ3) is 4.18. The number of halogens is 1. The SMILES string of the molecule is Cc1cc(Cl)cc(CNCC2(O)CCS(=O)(=O)C2)c1. The molecule has 0 aliphatic carbocycles. The van der Waals surface area contributed by atoms with E-state index in [1.807, 2.05) is 25.1 Å². The molecular weight excluding hydrogens is 286 g/mol. The molecule has 2 rings (SSSR count). The Hall–Kier alpha value is -0.620. The van der Waals surface area contributed by atoms with Crippen molar-refractivity contribution in [1.29, 1.82) is 0 Å². The van der Waals surface area contributed by atoms with Gasteiger partial charge in [0.1, 0.15) is 0 Å². The molecule has 1 aromatic carbocycles. The Bertz CT molecular complexity index is 553. The lowest BCUT2D eigenvalue weighted by Crippen LogP contribution is -2.41. The molecule has 0 aromatic heterocycles. The van der Waals surface area contributed by atoms with E-state index < -0.39 is 15.4 Å². The van der Waals surface area contributed by atoms with E-state index in [1.165, 1.54) is 0 Å². The van der Waals surface area contributed by atoms with Gasteiger partial charge in [-0.05, 0) is 36.6 Å². The Balaban J connectivity index is 1.90. The molecule has 0 bridgehead atoms. The molecule has 1 aliphatic rings. The van der Waals surface area contributed by atoms with Crippen LogP contribution in [0.25, 0.3) is 0 Å². The number of nitrogens with one attached hydrogen (secondary N) is 1. The van der Waals surface area contributed by atoms with Crippen molar-refractivity contribution in [3.8, 4) is 0 Å². The van der Waals surface area contributed by atoms with Crippen LogP contribution >= 0.6 is 11.6 Å². The predicted molar refractivity (Wildman–Crippen MR) is 76.1 cm³/mol. The molecular formula is C13H18ClNO3S. The van der Waals surface area contributed by atoms with Crippen LogP contribution in [0.2, 0.25) is 5.02 Å². The molecule has 0 amide bonds. The van der Waals surface area contributed by atoms with Crippen LogP contribution in [0, 0.1) is 6.92 Å². The van der Waals surface area contributed by atoms with Crippen molar-refractivity contribution in [3.05, 3.63) is 34.3 Å². The van der Waals surface area contributed by atoms with Crippen LogP contribution in [-0.2, 0) is 16.4 Å². The van der Waals surface area contributed by atoms with Gasteiger partial charge >= 0.3 is 0 Å². The molecule has 0 saturated carbocycles. The van der Waals surface area contributed by atoms with Crippen LogP contribution in [0.3, 0.4) is 0 Å². The molecule has 1 unspecified atom stereocenters. The number of sulfone groups is 1. The molecule has 1 aliphatic heterocycles. The van der Waals surface area contributed by atoms with E-state index in [0.29, 0.717) is 18.0 Å². The first-order valence-electron chi connectivity index (χ1n) is 6.18. The molecule has 19 heavy (non-hydrogen) atoms. The van der Waals surface area contributed by atoms with Crippen molar-refractivity contribution in [2.45, 2.75) is 25.5 Å². The first-order chi connectivity index (χ1) is 8.78. The maximum atomic E-state index is 11.4. The lowest BCUT2D eigenvalue weighted by atomic mass is 10.0. The average molecular weight is 304 g/mol. The molecule has 0 spiro atoms. The molecule has 1 saturated heterocycles. The van der Waals surface area contributed by atoms with Gasteiger partial charge in [0.05, 0.1) is 17.1 Å². The van der Waals surface area contributed by atoms with E-state index in [2.05, 4.69) is 5.32 Å². The normalized spacial score (nSPS) is 25.6. The van der Waals surface area contributed by atoms with Crippen LogP contribution in [0.1, 0.15) is 17.5 Å². The second-order valence-corrected chi connectivity index (χ2v) is 7.93. The van der Waals surface area contributed by atoms with Gasteiger partial charge in [0.2, 0.25) is 0 Å². The molecule has 1 aromatic rings. The van der Waals surface area contributed by atoms with Crippen molar-refractivity contribution in [2.75, 3.05) is 18.1 Å². The molecule has 0 radical (unpaired) electrons. The van der Waals surface area contributed by atoms with Crippen molar-refractivity contribution in [3.63, 3.8) is 0 Å². The highest BCUT2D eigenvalue weighted by atomic mass is 35.5. The molecule has 2 N–H and O–H groups in total. The molecule has 1 atom stereocenters.